The van der Waals surface area contributed by atoms with Gasteiger partial charge in [-0.25, -0.2) is 0 Å². The number of fused-ring (bicyclic) bond motifs is 1. The summed E-state index contributed by atoms with van der Waals surface area (Å²) in [5.41, 5.74) is 6.60. The zero-order valence-corrected chi connectivity index (χ0v) is 10.3. The molecular weight excluding hydrogens is 228 g/mol. The lowest BCUT2D eigenvalue weighted by atomic mass is 10.2. The molecule has 0 amide bonds. The van der Waals surface area contributed by atoms with E-state index in [2.05, 4.69) is 17.0 Å². The molecule has 0 spiro atoms. The molecule has 1 aliphatic heterocycles. The van der Waals surface area contributed by atoms with Gasteiger partial charge < -0.3 is 14.9 Å². The molecule has 0 bridgehead atoms. The highest BCUT2D eigenvalue weighted by Gasteiger charge is 2.20. The third kappa shape index (κ3) is 2.41. The van der Waals surface area contributed by atoms with Crippen molar-refractivity contribution in [1.29, 1.82) is 0 Å². The Bertz CT molecular complexity index is 490. The number of benzene rings is 1. The molecule has 0 radical (unpaired) electrons. The van der Waals surface area contributed by atoms with Gasteiger partial charge in [0.1, 0.15) is 11.3 Å². The van der Waals surface area contributed by atoms with Crippen molar-refractivity contribution < 1.29 is 9.15 Å². The van der Waals surface area contributed by atoms with Crippen molar-refractivity contribution >= 4 is 11.0 Å². The standard InChI is InChI=1S/C14H18N2O2/c15-8-13-10-16(5-6-17-13)9-12-7-11-3-1-2-4-14(11)18-12/h1-4,7,13H,5-6,8-10,15H2. The van der Waals surface area contributed by atoms with Crippen molar-refractivity contribution in [2.45, 2.75) is 12.6 Å². The predicted octanol–water partition coefficient (Wildman–Crippen LogP) is 1.59. The summed E-state index contributed by atoms with van der Waals surface area (Å²) in [5, 5.41) is 1.16. The summed E-state index contributed by atoms with van der Waals surface area (Å²) >= 11 is 0. The molecule has 1 saturated heterocycles. The second-order valence-corrected chi connectivity index (χ2v) is 4.71. The fourth-order valence-electron chi connectivity index (χ4n) is 2.40. The Morgan fingerprint density at radius 3 is 3.06 bits per heavy atom. The Kier molecular flexibility index (Phi) is 3.32. The van der Waals surface area contributed by atoms with Gasteiger partial charge in [-0.3, -0.25) is 4.90 Å². The molecule has 1 unspecified atom stereocenters. The van der Waals surface area contributed by atoms with Crippen LogP contribution < -0.4 is 5.73 Å². The highest BCUT2D eigenvalue weighted by atomic mass is 16.5. The van der Waals surface area contributed by atoms with Crippen LogP contribution in [0.1, 0.15) is 5.76 Å². The first-order chi connectivity index (χ1) is 8.85. The maximum absolute atomic E-state index is 5.83. The molecule has 2 N–H and O–H groups in total. The van der Waals surface area contributed by atoms with Gasteiger partial charge in [0.15, 0.2) is 0 Å². The van der Waals surface area contributed by atoms with Crippen LogP contribution in [0.2, 0.25) is 0 Å². The van der Waals surface area contributed by atoms with Gasteiger partial charge >= 0.3 is 0 Å². The lowest BCUT2D eigenvalue weighted by Crippen LogP contribution is -2.45. The number of nitrogens with two attached hydrogens (primary N) is 1. The van der Waals surface area contributed by atoms with Crippen LogP contribution >= 0.6 is 0 Å². The molecule has 3 rings (SSSR count). The predicted molar refractivity (Wildman–Crippen MR) is 70.3 cm³/mol. The topological polar surface area (TPSA) is 51.6 Å². The van der Waals surface area contributed by atoms with Gasteiger partial charge in [-0.2, -0.15) is 0 Å². The van der Waals surface area contributed by atoms with Crippen LogP contribution in [0.15, 0.2) is 34.7 Å². The summed E-state index contributed by atoms with van der Waals surface area (Å²) in [4.78, 5) is 2.33. The number of nitrogens with zero attached hydrogens (tertiary/aromatic N) is 1. The van der Waals surface area contributed by atoms with Crippen LogP contribution in [-0.2, 0) is 11.3 Å². The smallest absolute Gasteiger partial charge is 0.134 e. The molecule has 18 heavy (non-hydrogen) atoms. The van der Waals surface area contributed by atoms with E-state index in [4.69, 9.17) is 14.9 Å². The normalized spacial score (nSPS) is 21.5. The van der Waals surface area contributed by atoms with E-state index in [0.717, 1.165) is 43.0 Å². The molecule has 1 aliphatic rings. The fraction of sp³-hybridized carbons (Fsp3) is 0.429. The SMILES string of the molecule is NCC1CN(Cc2cc3ccccc3o2)CCO1. The second kappa shape index (κ2) is 5.10. The molecule has 96 valence electrons. The van der Waals surface area contributed by atoms with Crippen LogP contribution in [0.25, 0.3) is 11.0 Å². The summed E-state index contributed by atoms with van der Waals surface area (Å²) in [7, 11) is 0. The van der Waals surface area contributed by atoms with Crippen molar-refractivity contribution in [3.63, 3.8) is 0 Å². The molecule has 0 aliphatic carbocycles. The molecule has 2 aromatic rings. The average molecular weight is 246 g/mol. The minimum atomic E-state index is 0.156. The van der Waals surface area contributed by atoms with Crippen molar-refractivity contribution in [2.75, 3.05) is 26.2 Å². The molecule has 4 heteroatoms. The summed E-state index contributed by atoms with van der Waals surface area (Å²) in [6.07, 6.45) is 0.156. The highest BCUT2D eigenvalue weighted by molar-refractivity contribution is 5.77. The van der Waals surface area contributed by atoms with Crippen molar-refractivity contribution in [3.05, 3.63) is 36.1 Å². The van der Waals surface area contributed by atoms with E-state index in [9.17, 15) is 0 Å². The number of morpholine rings is 1. The third-order valence-electron chi connectivity index (χ3n) is 3.34. The van der Waals surface area contributed by atoms with Gasteiger partial charge in [0, 0.05) is 25.0 Å². The van der Waals surface area contributed by atoms with E-state index in [-0.39, 0.29) is 6.10 Å². The summed E-state index contributed by atoms with van der Waals surface area (Å²) in [5.74, 6) is 1.01. The van der Waals surface area contributed by atoms with Crippen molar-refractivity contribution in [1.82, 2.24) is 4.90 Å². The summed E-state index contributed by atoms with van der Waals surface area (Å²) in [6, 6.07) is 10.2. The highest BCUT2D eigenvalue weighted by Crippen LogP contribution is 2.20. The first-order valence-electron chi connectivity index (χ1n) is 6.36. The first kappa shape index (κ1) is 11.7. The number of hydrogen-bond acceptors (Lipinski definition) is 4. The number of ether oxygens (including phenoxy) is 1. The van der Waals surface area contributed by atoms with Gasteiger partial charge in [0.2, 0.25) is 0 Å². The lowest BCUT2D eigenvalue weighted by Gasteiger charge is -2.31. The third-order valence-corrected chi connectivity index (χ3v) is 3.34. The zero-order valence-electron chi connectivity index (χ0n) is 10.3. The maximum atomic E-state index is 5.83. The quantitative estimate of drug-likeness (QED) is 0.893. The zero-order chi connectivity index (χ0) is 12.4. The molecule has 0 saturated carbocycles. The summed E-state index contributed by atoms with van der Waals surface area (Å²) in [6.45, 7) is 3.98. The van der Waals surface area contributed by atoms with Crippen molar-refractivity contribution in [3.8, 4) is 0 Å². The van der Waals surface area contributed by atoms with Crippen LogP contribution in [0.3, 0.4) is 0 Å². The van der Waals surface area contributed by atoms with E-state index in [1.54, 1.807) is 0 Å². The summed E-state index contributed by atoms with van der Waals surface area (Å²) < 4.78 is 11.4. The van der Waals surface area contributed by atoms with Gasteiger partial charge in [-0.15, -0.1) is 0 Å². The molecule has 1 atom stereocenters. The van der Waals surface area contributed by atoms with Gasteiger partial charge in [-0.05, 0) is 12.1 Å². The second-order valence-electron chi connectivity index (χ2n) is 4.71. The van der Waals surface area contributed by atoms with E-state index in [1.807, 2.05) is 18.2 Å². The average Bonchev–Trinajstić information content (AvgIpc) is 2.81. The van der Waals surface area contributed by atoms with E-state index in [1.165, 1.54) is 0 Å². The molecular formula is C14H18N2O2. The number of para-hydroxylation sites is 1. The number of furan rings is 1. The Morgan fingerprint density at radius 1 is 1.33 bits per heavy atom. The Hall–Kier alpha value is -1.36. The lowest BCUT2D eigenvalue weighted by molar-refractivity contribution is -0.0277. The Labute approximate surface area is 106 Å². The first-order valence-corrected chi connectivity index (χ1v) is 6.36. The minimum Gasteiger partial charge on any atom is -0.460 e. The van der Waals surface area contributed by atoms with Crippen LogP contribution in [0.5, 0.6) is 0 Å². The molecule has 1 fully saturated rings. The Balaban J connectivity index is 1.71. The molecule has 1 aromatic carbocycles. The monoisotopic (exact) mass is 246 g/mol. The number of rotatable bonds is 3. The molecule has 1 aromatic heterocycles. The minimum absolute atomic E-state index is 0.156. The fourth-order valence-corrected chi connectivity index (χ4v) is 2.40. The molecule has 2 heterocycles. The number of hydrogen-bond donors (Lipinski definition) is 1. The van der Waals surface area contributed by atoms with E-state index >= 15 is 0 Å². The van der Waals surface area contributed by atoms with Gasteiger partial charge in [-0.1, -0.05) is 18.2 Å². The van der Waals surface area contributed by atoms with E-state index in [0.29, 0.717) is 6.54 Å². The van der Waals surface area contributed by atoms with Crippen LogP contribution in [0.4, 0.5) is 0 Å². The molecule has 4 nitrogen and oxygen atoms in total. The Morgan fingerprint density at radius 2 is 2.22 bits per heavy atom. The van der Waals surface area contributed by atoms with Crippen molar-refractivity contribution in [2.24, 2.45) is 5.73 Å². The van der Waals surface area contributed by atoms with Crippen LogP contribution in [0, 0.1) is 0 Å². The van der Waals surface area contributed by atoms with E-state index < -0.39 is 0 Å². The maximum Gasteiger partial charge on any atom is 0.134 e. The van der Waals surface area contributed by atoms with Crippen LogP contribution in [-0.4, -0.2) is 37.2 Å². The van der Waals surface area contributed by atoms with Gasteiger partial charge in [0.25, 0.3) is 0 Å². The largest absolute Gasteiger partial charge is 0.460 e. The van der Waals surface area contributed by atoms with Gasteiger partial charge in [0.05, 0.1) is 19.3 Å².